The van der Waals surface area contributed by atoms with Crippen LogP contribution in [0.5, 0.6) is 0 Å². The van der Waals surface area contributed by atoms with Crippen LogP contribution in [0.25, 0.3) is 11.0 Å². The van der Waals surface area contributed by atoms with Crippen molar-refractivity contribution in [1.82, 2.24) is 9.55 Å². The minimum absolute atomic E-state index is 0.0744. The van der Waals surface area contributed by atoms with E-state index in [-0.39, 0.29) is 5.02 Å². The highest BCUT2D eigenvalue weighted by molar-refractivity contribution is 6.31. The van der Waals surface area contributed by atoms with E-state index in [9.17, 15) is 4.39 Å². The van der Waals surface area contributed by atoms with Crippen molar-refractivity contribution in [3.63, 3.8) is 0 Å². The molecule has 92 valence electrons. The van der Waals surface area contributed by atoms with Gasteiger partial charge in [-0.15, -0.1) is 0 Å². The average Bonchev–Trinajstić information content (AvgIpc) is 2.57. The SMILES string of the molecule is COCCCn1c(N)nc2cc(F)c(Cl)cc21. The van der Waals surface area contributed by atoms with Crippen molar-refractivity contribution >= 4 is 28.6 Å². The molecule has 0 unspecified atom stereocenters. The van der Waals surface area contributed by atoms with Crippen LogP contribution in [-0.2, 0) is 11.3 Å². The summed E-state index contributed by atoms with van der Waals surface area (Å²) in [5.74, 6) is -0.126. The predicted molar refractivity (Wildman–Crippen MR) is 65.6 cm³/mol. The number of imidazole rings is 1. The summed E-state index contributed by atoms with van der Waals surface area (Å²) in [6, 6.07) is 2.84. The molecule has 0 saturated heterocycles. The molecule has 2 N–H and O–H groups in total. The highest BCUT2D eigenvalue weighted by atomic mass is 35.5. The molecule has 0 aliphatic heterocycles. The van der Waals surface area contributed by atoms with Crippen LogP contribution < -0.4 is 5.73 Å². The minimum atomic E-state index is -0.485. The molecule has 2 aromatic rings. The lowest BCUT2D eigenvalue weighted by Gasteiger charge is -2.06. The van der Waals surface area contributed by atoms with Crippen molar-refractivity contribution in [2.45, 2.75) is 13.0 Å². The molecule has 0 amide bonds. The fourth-order valence-corrected chi connectivity index (χ4v) is 1.90. The Bertz CT molecular complexity index is 541. The first-order valence-electron chi connectivity index (χ1n) is 5.23. The van der Waals surface area contributed by atoms with Gasteiger partial charge >= 0.3 is 0 Å². The van der Waals surface area contributed by atoms with Gasteiger partial charge in [-0.3, -0.25) is 0 Å². The molecular weight excluding hydrogens is 245 g/mol. The quantitative estimate of drug-likeness (QED) is 0.856. The fourth-order valence-electron chi connectivity index (χ4n) is 1.74. The summed E-state index contributed by atoms with van der Waals surface area (Å²) >= 11 is 5.75. The third-order valence-corrected chi connectivity index (χ3v) is 2.84. The molecule has 0 fully saturated rings. The molecule has 0 radical (unpaired) electrons. The maximum atomic E-state index is 13.3. The highest BCUT2D eigenvalue weighted by Gasteiger charge is 2.11. The summed E-state index contributed by atoms with van der Waals surface area (Å²) in [6.45, 7) is 1.30. The summed E-state index contributed by atoms with van der Waals surface area (Å²) in [7, 11) is 1.64. The topological polar surface area (TPSA) is 53.1 Å². The molecule has 2 rings (SSSR count). The van der Waals surface area contributed by atoms with Gasteiger partial charge in [-0.25, -0.2) is 9.37 Å². The number of rotatable bonds is 4. The number of hydrogen-bond donors (Lipinski definition) is 1. The molecule has 1 heterocycles. The lowest BCUT2D eigenvalue weighted by molar-refractivity contribution is 0.191. The Kier molecular flexibility index (Phi) is 3.49. The molecule has 17 heavy (non-hydrogen) atoms. The molecule has 0 saturated carbocycles. The van der Waals surface area contributed by atoms with E-state index in [0.717, 1.165) is 11.9 Å². The van der Waals surface area contributed by atoms with E-state index in [2.05, 4.69) is 4.98 Å². The first-order chi connectivity index (χ1) is 8.13. The summed E-state index contributed by atoms with van der Waals surface area (Å²) in [5.41, 5.74) is 7.04. The Balaban J connectivity index is 2.40. The van der Waals surface area contributed by atoms with Gasteiger partial charge in [0.1, 0.15) is 5.82 Å². The van der Waals surface area contributed by atoms with E-state index in [4.69, 9.17) is 22.1 Å². The molecule has 6 heteroatoms. The van der Waals surface area contributed by atoms with Crippen LogP contribution in [-0.4, -0.2) is 23.3 Å². The molecule has 0 bridgehead atoms. The van der Waals surface area contributed by atoms with Crippen molar-refractivity contribution in [3.8, 4) is 0 Å². The highest BCUT2D eigenvalue weighted by Crippen LogP contribution is 2.24. The van der Waals surface area contributed by atoms with Gasteiger partial charge in [0.05, 0.1) is 16.1 Å². The third kappa shape index (κ3) is 2.35. The summed E-state index contributed by atoms with van der Waals surface area (Å²) < 4.78 is 20.0. The zero-order chi connectivity index (χ0) is 12.4. The molecule has 0 atom stereocenters. The number of fused-ring (bicyclic) bond motifs is 1. The van der Waals surface area contributed by atoms with E-state index in [1.165, 1.54) is 6.07 Å². The molecule has 0 aliphatic rings. The van der Waals surface area contributed by atoms with E-state index < -0.39 is 5.82 Å². The second-order valence-corrected chi connectivity index (χ2v) is 4.13. The normalized spacial score (nSPS) is 11.2. The third-order valence-electron chi connectivity index (χ3n) is 2.55. The van der Waals surface area contributed by atoms with Crippen LogP contribution in [0.4, 0.5) is 10.3 Å². The Morgan fingerprint density at radius 1 is 1.53 bits per heavy atom. The molecule has 4 nitrogen and oxygen atoms in total. The zero-order valence-corrected chi connectivity index (χ0v) is 10.2. The second kappa shape index (κ2) is 4.89. The Morgan fingerprint density at radius 3 is 3.00 bits per heavy atom. The first-order valence-corrected chi connectivity index (χ1v) is 5.61. The van der Waals surface area contributed by atoms with Gasteiger partial charge in [-0.2, -0.15) is 0 Å². The van der Waals surface area contributed by atoms with Gasteiger partial charge in [0.2, 0.25) is 5.95 Å². The van der Waals surface area contributed by atoms with Crippen LogP contribution in [0.3, 0.4) is 0 Å². The van der Waals surface area contributed by atoms with Crippen molar-refractivity contribution in [3.05, 3.63) is 23.0 Å². The maximum Gasteiger partial charge on any atom is 0.201 e. The van der Waals surface area contributed by atoms with Crippen molar-refractivity contribution in [2.75, 3.05) is 19.5 Å². The zero-order valence-electron chi connectivity index (χ0n) is 9.41. The van der Waals surface area contributed by atoms with Crippen molar-refractivity contribution in [1.29, 1.82) is 0 Å². The van der Waals surface area contributed by atoms with Gasteiger partial charge in [0, 0.05) is 26.3 Å². The second-order valence-electron chi connectivity index (χ2n) is 3.72. The lowest BCUT2D eigenvalue weighted by atomic mass is 10.3. The molecule has 0 spiro atoms. The van der Waals surface area contributed by atoms with Gasteiger partial charge in [-0.05, 0) is 12.5 Å². The summed E-state index contributed by atoms with van der Waals surface area (Å²) in [6.07, 6.45) is 0.807. The maximum absolute atomic E-state index is 13.3. The van der Waals surface area contributed by atoms with Gasteiger partial charge in [0.15, 0.2) is 0 Å². The number of nitrogen functional groups attached to an aromatic ring is 1. The smallest absolute Gasteiger partial charge is 0.201 e. The Morgan fingerprint density at radius 2 is 2.29 bits per heavy atom. The number of methoxy groups -OCH3 is 1. The Hall–Kier alpha value is -1.33. The number of benzene rings is 1. The number of hydrogen-bond acceptors (Lipinski definition) is 3. The summed E-state index contributed by atoms with van der Waals surface area (Å²) in [5, 5.41) is 0.0744. The number of halogens is 2. The predicted octanol–water partition coefficient (Wildman–Crippen LogP) is 2.45. The van der Waals surface area contributed by atoms with E-state index >= 15 is 0 Å². The standard InChI is InChI=1S/C11H13ClFN3O/c1-17-4-2-3-16-10-5-7(12)8(13)6-9(10)15-11(16)14/h5-6H,2-4H2,1H3,(H2,14,15). The van der Waals surface area contributed by atoms with E-state index in [1.807, 2.05) is 0 Å². The Labute approximate surface area is 103 Å². The van der Waals surface area contributed by atoms with Crippen molar-refractivity contribution < 1.29 is 9.13 Å². The molecule has 1 aromatic heterocycles. The van der Waals surface area contributed by atoms with Gasteiger partial charge in [-0.1, -0.05) is 11.6 Å². The van der Waals surface area contributed by atoms with E-state index in [0.29, 0.717) is 24.6 Å². The van der Waals surface area contributed by atoms with E-state index in [1.54, 1.807) is 17.7 Å². The molecular formula is C11H13ClFN3O. The number of anilines is 1. The van der Waals surface area contributed by atoms with Gasteiger partial charge < -0.3 is 15.0 Å². The number of nitrogens with two attached hydrogens (primary N) is 1. The van der Waals surface area contributed by atoms with Crippen LogP contribution in [0.2, 0.25) is 5.02 Å². The monoisotopic (exact) mass is 257 g/mol. The minimum Gasteiger partial charge on any atom is -0.385 e. The van der Waals surface area contributed by atoms with Crippen LogP contribution in [0.1, 0.15) is 6.42 Å². The molecule has 0 aliphatic carbocycles. The van der Waals surface area contributed by atoms with Crippen molar-refractivity contribution in [2.24, 2.45) is 0 Å². The molecule has 1 aromatic carbocycles. The number of aryl methyl sites for hydroxylation is 1. The lowest BCUT2D eigenvalue weighted by Crippen LogP contribution is -2.05. The number of aromatic nitrogens is 2. The van der Waals surface area contributed by atoms with Crippen LogP contribution in [0, 0.1) is 5.82 Å². The first kappa shape index (κ1) is 12.1. The largest absolute Gasteiger partial charge is 0.385 e. The van der Waals surface area contributed by atoms with Crippen LogP contribution >= 0.6 is 11.6 Å². The van der Waals surface area contributed by atoms with Crippen LogP contribution in [0.15, 0.2) is 12.1 Å². The number of nitrogens with zero attached hydrogens (tertiary/aromatic N) is 2. The summed E-state index contributed by atoms with van der Waals surface area (Å²) in [4.78, 5) is 4.10. The fraction of sp³-hybridized carbons (Fsp3) is 0.364. The average molecular weight is 258 g/mol. The number of ether oxygens (including phenoxy) is 1. The van der Waals surface area contributed by atoms with Gasteiger partial charge in [0.25, 0.3) is 0 Å².